The molecule has 2 atom stereocenters. The Morgan fingerprint density at radius 1 is 1.41 bits per heavy atom. The van der Waals surface area contributed by atoms with Crippen LogP contribution in [0.3, 0.4) is 0 Å². The molecule has 0 saturated heterocycles. The van der Waals surface area contributed by atoms with Crippen molar-refractivity contribution in [1.29, 1.82) is 0 Å². The van der Waals surface area contributed by atoms with E-state index in [2.05, 4.69) is 15.3 Å². The lowest BCUT2D eigenvalue weighted by Crippen LogP contribution is -2.33. The van der Waals surface area contributed by atoms with Gasteiger partial charge in [-0.25, -0.2) is 4.98 Å². The van der Waals surface area contributed by atoms with Crippen molar-refractivity contribution in [2.45, 2.75) is 51.2 Å². The van der Waals surface area contributed by atoms with E-state index in [1.807, 2.05) is 0 Å². The van der Waals surface area contributed by atoms with Crippen LogP contribution in [-0.2, 0) is 0 Å². The number of aliphatic hydroxyl groups is 1. The molecule has 5 nitrogen and oxygen atoms in total. The zero-order chi connectivity index (χ0) is 12.3. The van der Waals surface area contributed by atoms with E-state index in [1.165, 1.54) is 6.07 Å². The van der Waals surface area contributed by atoms with Crippen molar-refractivity contribution in [3.63, 3.8) is 0 Å². The van der Waals surface area contributed by atoms with Crippen LogP contribution in [0.5, 0.6) is 0 Å². The van der Waals surface area contributed by atoms with Gasteiger partial charge in [0.25, 0.3) is 5.56 Å². The normalized spacial score (nSPS) is 25.3. The van der Waals surface area contributed by atoms with E-state index in [9.17, 15) is 9.90 Å². The fourth-order valence-electron chi connectivity index (χ4n) is 2.30. The number of aromatic amines is 1. The highest BCUT2D eigenvalue weighted by atomic mass is 16.3. The van der Waals surface area contributed by atoms with Crippen LogP contribution in [0.15, 0.2) is 10.9 Å². The Hall–Kier alpha value is -1.36. The zero-order valence-electron chi connectivity index (χ0n) is 10.1. The summed E-state index contributed by atoms with van der Waals surface area (Å²) in [6.07, 6.45) is 4.74. The molecule has 0 amide bonds. The Labute approximate surface area is 100 Å². The second kappa shape index (κ2) is 5.31. The maximum atomic E-state index is 11.3. The largest absolute Gasteiger partial charge is 0.391 e. The van der Waals surface area contributed by atoms with Crippen molar-refractivity contribution in [3.8, 4) is 0 Å². The van der Waals surface area contributed by atoms with Crippen molar-refractivity contribution in [2.24, 2.45) is 0 Å². The van der Waals surface area contributed by atoms with Gasteiger partial charge in [-0.3, -0.25) is 4.79 Å². The highest BCUT2D eigenvalue weighted by Gasteiger charge is 2.21. The molecule has 1 heterocycles. The van der Waals surface area contributed by atoms with Gasteiger partial charge in [0, 0.05) is 6.07 Å². The lowest BCUT2D eigenvalue weighted by atomic mass is 10.1. The van der Waals surface area contributed by atoms with Crippen LogP contribution in [-0.4, -0.2) is 27.2 Å². The number of hydrogen-bond donors (Lipinski definition) is 3. The van der Waals surface area contributed by atoms with Gasteiger partial charge in [0.2, 0.25) is 0 Å². The van der Waals surface area contributed by atoms with E-state index in [0.717, 1.165) is 32.1 Å². The number of aromatic nitrogens is 2. The molecule has 2 rings (SSSR count). The average molecular weight is 237 g/mol. The molecule has 1 saturated carbocycles. The number of nitrogens with one attached hydrogen (secondary N) is 2. The van der Waals surface area contributed by atoms with Crippen LogP contribution in [0.4, 0.5) is 5.82 Å². The minimum Gasteiger partial charge on any atom is -0.391 e. The van der Waals surface area contributed by atoms with Gasteiger partial charge in [-0.15, -0.1) is 0 Å². The van der Waals surface area contributed by atoms with E-state index in [-0.39, 0.29) is 17.7 Å². The molecular formula is C12H19N3O2. The van der Waals surface area contributed by atoms with Gasteiger partial charge in [0.15, 0.2) is 0 Å². The summed E-state index contributed by atoms with van der Waals surface area (Å²) >= 11 is 0. The molecule has 1 aromatic rings. The highest BCUT2D eigenvalue weighted by Crippen LogP contribution is 2.20. The zero-order valence-corrected chi connectivity index (χ0v) is 10.1. The van der Waals surface area contributed by atoms with E-state index >= 15 is 0 Å². The lowest BCUT2D eigenvalue weighted by Gasteiger charge is -2.22. The van der Waals surface area contributed by atoms with Gasteiger partial charge in [-0.05, 0) is 19.8 Å². The van der Waals surface area contributed by atoms with Gasteiger partial charge in [-0.1, -0.05) is 19.3 Å². The summed E-state index contributed by atoms with van der Waals surface area (Å²) < 4.78 is 0. The molecule has 0 spiro atoms. The summed E-state index contributed by atoms with van der Waals surface area (Å²) in [5, 5.41) is 13.1. The Bertz CT molecular complexity index is 430. The molecule has 0 radical (unpaired) electrons. The second-order valence-corrected chi connectivity index (χ2v) is 4.67. The predicted octanol–water partition coefficient (Wildman–Crippen LogP) is 1.18. The first-order chi connectivity index (χ1) is 8.15. The van der Waals surface area contributed by atoms with Crippen LogP contribution in [0.2, 0.25) is 0 Å². The first-order valence-corrected chi connectivity index (χ1v) is 6.18. The van der Waals surface area contributed by atoms with Crippen LogP contribution in [0.25, 0.3) is 0 Å². The van der Waals surface area contributed by atoms with Crippen molar-refractivity contribution in [1.82, 2.24) is 9.97 Å². The number of aryl methyl sites for hydroxylation is 1. The molecular weight excluding hydrogens is 218 g/mol. The summed E-state index contributed by atoms with van der Waals surface area (Å²) in [4.78, 5) is 18.1. The monoisotopic (exact) mass is 237 g/mol. The van der Waals surface area contributed by atoms with E-state index in [0.29, 0.717) is 11.6 Å². The third-order valence-electron chi connectivity index (χ3n) is 3.17. The Kier molecular flexibility index (Phi) is 3.78. The summed E-state index contributed by atoms with van der Waals surface area (Å²) in [7, 11) is 0. The molecule has 1 aromatic heterocycles. The third-order valence-corrected chi connectivity index (χ3v) is 3.17. The van der Waals surface area contributed by atoms with E-state index < -0.39 is 0 Å². The SMILES string of the molecule is Cc1nc(NC2CCCCCC2O)cc(=O)[nH]1. The fraction of sp³-hybridized carbons (Fsp3) is 0.667. The van der Waals surface area contributed by atoms with Crippen LogP contribution >= 0.6 is 0 Å². The molecule has 0 aliphatic heterocycles. The molecule has 1 aliphatic rings. The Balaban J connectivity index is 2.10. The van der Waals surface area contributed by atoms with Crippen molar-refractivity contribution in [2.75, 3.05) is 5.32 Å². The maximum Gasteiger partial charge on any atom is 0.252 e. The summed E-state index contributed by atoms with van der Waals surface area (Å²) in [6, 6.07) is 1.44. The standard InChI is InChI=1S/C12H19N3O2/c1-8-13-11(7-12(17)14-8)15-9-5-3-2-4-6-10(9)16/h7,9-10,16H,2-6H2,1H3,(H2,13,14,15,17). The van der Waals surface area contributed by atoms with Gasteiger partial charge in [0.05, 0.1) is 12.1 Å². The van der Waals surface area contributed by atoms with Crippen molar-refractivity contribution >= 4 is 5.82 Å². The number of rotatable bonds is 2. The summed E-state index contributed by atoms with van der Waals surface area (Å²) in [5.41, 5.74) is -0.164. The first kappa shape index (κ1) is 12.1. The minimum absolute atomic E-state index is 0.00574. The summed E-state index contributed by atoms with van der Waals surface area (Å²) in [6.45, 7) is 1.75. The number of H-pyrrole nitrogens is 1. The smallest absolute Gasteiger partial charge is 0.252 e. The molecule has 2 unspecified atom stereocenters. The van der Waals surface area contributed by atoms with Gasteiger partial charge >= 0.3 is 0 Å². The first-order valence-electron chi connectivity index (χ1n) is 6.18. The number of anilines is 1. The van der Waals surface area contributed by atoms with Gasteiger partial charge in [-0.2, -0.15) is 0 Å². The molecule has 3 N–H and O–H groups in total. The van der Waals surface area contributed by atoms with Crippen molar-refractivity contribution in [3.05, 3.63) is 22.2 Å². The Morgan fingerprint density at radius 2 is 2.18 bits per heavy atom. The second-order valence-electron chi connectivity index (χ2n) is 4.67. The molecule has 0 bridgehead atoms. The topological polar surface area (TPSA) is 78.0 Å². The van der Waals surface area contributed by atoms with Crippen molar-refractivity contribution < 1.29 is 5.11 Å². The van der Waals surface area contributed by atoms with Crippen LogP contribution in [0, 0.1) is 6.92 Å². The lowest BCUT2D eigenvalue weighted by molar-refractivity contribution is 0.144. The van der Waals surface area contributed by atoms with Gasteiger partial charge < -0.3 is 15.4 Å². The Morgan fingerprint density at radius 3 is 2.94 bits per heavy atom. The molecule has 17 heavy (non-hydrogen) atoms. The molecule has 5 heteroatoms. The molecule has 1 aliphatic carbocycles. The molecule has 0 aromatic carbocycles. The quantitative estimate of drug-likeness (QED) is 0.675. The number of hydrogen-bond acceptors (Lipinski definition) is 4. The van der Waals surface area contributed by atoms with E-state index in [1.54, 1.807) is 6.92 Å². The van der Waals surface area contributed by atoms with Crippen LogP contribution in [0.1, 0.15) is 37.9 Å². The molecule has 94 valence electrons. The summed E-state index contributed by atoms with van der Waals surface area (Å²) in [5.74, 6) is 1.14. The number of aliphatic hydroxyl groups excluding tert-OH is 1. The fourth-order valence-corrected chi connectivity index (χ4v) is 2.30. The number of nitrogens with zero attached hydrogens (tertiary/aromatic N) is 1. The van der Waals surface area contributed by atoms with E-state index in [4.69, 9.17) is 0 Å². The minimum atomic E-state index is -0.348. The molecule has 1 fully saturated rings. The maximum absolute atomic E-state index is 11.3. The van der Waals surface area contributed by atoms with Crippen LogP contribution < -0.4 is 10.9 Å². The highest BCUT2D eigenvalue weighted by molar-refractivity contribution is 5.34. The predicted molar refractivity (Wildman–Crippen MR) is 66.1 cm³/mol. The average Bonchev–Trinajstić information content (AvgIpc) is 2.43. The third kappa shape index (κ3) is 3.30. The van der Waals surface area contributed by atoms with Gasteiger partial charge in [0.1, 0.15) is 11.6 Å².